The molecule has 0 aromatic heterocycles. The van der Waals surface area contributed by atoms with Crippen LogP contribution in [0.25, 0.3) is 0 Å². The molecule has 14 heavy (non-hydrogen) atoms. The highest BCUT2D eigenvalue weighted by Crippen LogP contribution is 2.45. The number of carboxylic acids is 2. The van der Waals surface area contributed by atoms with Gasteiger partial charge in [0.15, 0.2) is 0 Å². The third-order valence-electron chi connectivity index (χ3n) is 2.93. The Bertz CT molecular complexity index is 215. The first-order chi connectivity index (χ1) is 6.56. The Labute approximate surface area is 82.1 Å². The van der Waals surface area contributed by atoms with Gasteiger partial charge in [0.05, 0.1) is 0 Å². The Morgan fingerprint density at radius 1 is 1.07 bits per heavy atom. The lowest BCUT2D eigenvalue weighted by Gasteiger charge is -2.37. The van der Waals surface area contributed by atoms with Crippen LogP contribution in [0.1, 0.15) is 25.7 Å². The van der Waals surface area contributed by atoms with Gasteiger partial charge >= 0.3 is 11.9 Å². The maximum atomic E-state index is 9.10. The second kappa shape index (κ2) is 4.41. The summed E-state index contributed by atoms with van der Waals surface area (Å²) in [5.74, 6) is -3.65. The Balaban J connectivity index is 0.000000149. The summed E-state index contributed by atoms with van der Waals surface area (Å²) in [5.41, 5.74) is 0.806. The molecule has 3 N–H and O–H groups in total. The molecule has 1 aliphatic carbocycles. The topological polar surface area (TPSA) is 86.6 Å². The van der Waals surface area contributed by atoms with Gasteiger partial charge in [-0.2, -0.15) is 0 Å². The fourth-order valence-electron chi connectivity index (χ4n) is 1.90. The summed E-state index contributed by atoms with van der Waals surface area (Å²) in [6.45, 7) is 2.59. The smallest absolute Gasteiger partial charge is 0.414 e. The zero-order valence-electron chi connectivity index (χ0n) is 7.95. The zero-order valence-corrected chi connectivity index (χ0v) is 7.95. The Morgan fingerprint density at radius 3 is 1.79 bits per heavy atom. The Kier molecular flexibility index (Phi) is 3.46. The molecule has 1 saturated carbocycles. The van der Waals surface area contributed by atoms with Gasteiger partial charge in [0.2, 0.25) is 0 Å². The summed E-state index contributed by atoms with van der Waals surface area (Å²) < 4.78 is 0. The predicted molar refractivity (Wildman–Crippen MR) is 49.0 cm³/mol. The molecule has 1 spiro atoms. The van der Waals surface area contributed by atoms with E-state index >= 15 is 0 Å². The van der Waals surface area contributed by atoms with Crippen molar-refractivity contribution < 1.29 is 19.8 Å². The minimum atomic E-state index is -1.82. The lowest BCUT2D eigenvalue weighted by molar-refractivity contribution is -0.159. The van der Waals surface area contributed by atoms with Crippen LogP contribution in [0, 0.1) is 5.41 Å². The molecule has 0 aromatic carbocycles. The molecular formula is C9H15NO4. The van der Waals surface area contributed by atoms with Crippen LogP contribution in [0.4, 0.5) is 0 Å². The van der Waals surface area contributed by atoms with Crippen molar-refractivity contribution in [2.75, 3.05) is 13.1 Å². The van der Waals surface area contributed by atoms with Crippen LogP contribution in [-0.4, -0.2) is 35.2 Å². The molecule has 2 aliphatic rings. The first kappa shape index (κ1) is 11.0. The summed E-state index contributed by atoms with van der Waals surface area (Å²) in [6, 6.07) is 0. The molecule has 1 heterocycles. The number of aliphatic carboxylic acids is 2. The van der Waals surface area contributed by atoms with Gasteiger partial charge in [0, 0.05) is 6.54 Å². The quantitative estimate of drug-likeness (QED) is 0.491. The van der Waals surface area contributed by atoms with E-state index in [1.165, 1.54) is 38.8 Å². The average Bonchev–Trinajstić information content (AvgIpc) is 2.51. The molecule has 1 aliphatic heterocycles. The number of carbonyl (C=O) groups is 2. The van der Waals surface area contributed by atoms with Crippen LogP contribution in [0.2, 0.25) is 0 Å². The highest BCUT2D eigenvalue weighted by atomic mass is 16.4. The van der Waals surface area contributed by atoms with E-state index < -0.39 is 11.9 Å². The van der Waals surface area contributed by atoms with Crippen LogP contribution in [0.15, 0.2) is 0 Å². The molecule has 0 bridgehead atoms. The van der Waals surface area contributed by atoms with Crippen molar-refractivity contribution in [3.05, 3.63) is 0 Å². The summed E-state index contributed by atoms with van der Waals surface area (Å²) in [4.78, 5) is 18.2. The molecule has 2 rings (SSSR count). The summed E-state index contributed by atoms with van der Waals surface area (Å²) >= 11 is 0. The van der Waals surface area contributed by atoms with Gasteiger partial charge in [0.25, 0.3) is 0 Å². The molecule has 0 radical (unpaired) electrons. The monoisotopic (exact) mass is 201 g/mol. The molecule has 0 atom stereocenters. The van der Waals surface area contributed by atoms with Gasteiger partial charge in [-0.3, -0.25) is 0 Å². The number of rotatable bonds is 0. The van der Waals surface area contributed by atoms with Crippen molar-refractivity contribution >= 4 is 11.9 Å². The highest BCUT2D eigenvalue weighted by Gasteiger charge is 2.38. The molecule has 0 amide bonds. The third kappa shape index (κ3) is 2.70. The molecule has 0 aromatic rings. The number of hydrogen-bond donors (Lipinski definition) is 3. The van der Waals surface area contributed by atoms with E-state index in [-0.39, 0.29) is 0 Å². The van der Waals surface area contributed by atoms with E-state index in [0.717, 1.165) is 5.41 Å². The van der Waals surface area contributed by atoms with Crippen LogP contribution in [-0.2, 0) is 9.59 Å². The average molecular weight is 201 g/mol. The first-order valence-electron chi connectivity index (χ1n) is 4.73. The van der Waals surface area contributed by atoms with Gasteiger partial charge in [-0.15, -0.1) is 0 Å². The van der Waals surface area contributed by atoms with Crippen molar-refractivity contribution in [1.82, 2.24) is 5.32 Å². The minimum absolute atomic E-state index is 0.806. The first-order valence-corrected chi connectivity index (χ1v) is 4.73. The molecule has 0 unspecified atom stereocenters. The van der Waals surface area contributed by atoms with Crippen molar-refractivity contribution in [3.8, 4) is 0 Å². The van der Waals surface area contributed by atoms with Crippen molar-refractivity contribution in [3.63, 3.8) is 0 Å². The van der Waals surface area contributed by atoms with E-state index in [2.05, 4.69) is 5.32 Å². The maximum absolute atomic E-state index is 9.10. The number of nitrogens with one attached hydrogen (secondary N) is 1. The molecule has 80 valence electrons. The van der Waals surface area contributed by atoms with Crippen LogP contribution in [0.5, 0.6) is 0 Å². The largest absolute Gasteiger partial charge is 0.473 e. The van der Waals surface area contributed by atoms with Crippen LogP contribution >= 0.6 is 0 Å². The van der Waals surface area contributed by atoms with Crippen LogP contribution in [0.3, 0.4) is 0 Å². The van der Waals surface area contributed by atoms with Crippen molar-refractivity contribution in [2.45, 2.75) is 25.7 Å². The highest BCUT2D eigenvalue weighted by molar-refractivity contribution is 6.27. The fourth-order valence-corrected chi connectivity index (χ4v) is 1.90. The van der Waals surface area contributed by atoms with E-state index in [1.54, 1.807) is 0 Å². The third-order valence-corrected chi connectivity index (χ3v) is 2.93. The van der Waals surface area contributed by atoms with Gasteiger partial charge in [-0.05, 0) is 31.2 Å². The molecule has 1 saturated heterocycles. The van der Waals surface area contributed by atoms with Crippen LogP contribution < -0.4 is 5.32 Å². The Morgan fingerprint density at radius 2 is 1.64 bits per heavy atom. The number of carboxylic acid groups (broad SMARTS) is 2. The Hall–Kier alpha value is -1.10. The van der Waals surface area contributed by atoms with Crippen molar-refractivity contribution in [1.29, 1.82) is 0 Å². The van der Waals surface area contributed by atoms with Gasteiger partial charge in [-0.25, -0.2) is 9.59 Å². The van der Waals surface area contributed by atoms with Gasteiger partial charge in [0.1, 0.15) is 0 Å². The second-order valence-corrected chi connectivity index (χ2v) is 3.89. The van der Waals surface area contributed by atoms with E-state index in [9.17, 15) is 0 Å². The molecule has 5 heteroatoms. The SMILES string of the molecule is C1CC2(C1)CCNC2.O=C(O)C(=O)O. The molecular weight excluding hydrogens is 186 g/mol. The van der Waals surface area contributed by atoms with E-state index in [0.29, 0.717) is 0 Å². The molecule has 5 nitrogen and oxygen atoms in total. The normalized spacial score (nSPS) is 22.0. The molecule has 2 fully saturated rings. The van der Waals surface area contributed by atoms with Gasteiger partial charge in [-0.1, -0.05) is 6.42 Å². The zero-order chi connectivity index (χ0) is 10.6. The summed E-state index contributed by atoms with van der Waals surface area (Å²) in [7, 11) is 0. The standard InChI is InChI=1S/C7H13N.C2H2O4/c1-2-7(3-1)4-5-8-6-7;3-1(4)2(5)6/h8H,1-6H2;(H,3,4)(H,5,6). The van der Waals surface area contributed by atoms with Gasteiger partial charge < -0.3 is 15.5 Å². The number of hydrogen-bond acceptors (Lipinski definition) is 3. The fraction of sp³-hybridized carbons (Fsp3) is 0.778. The lowest BCUT2D eigenvalue weighted by atomic mass is 9.68. The minimum Gasteiger partial charge on any atom is -0.473 e. The van der Waals surface area contributed by atoms with E-state index in [1.807, 2.05) is 0 Å². The maximum Gasteiger partial charge on any atom is 0.414 e. The predicted octanol–water partition coefficient (Wildman–Crippen LogP) is 0.306. The summed E-state index contributed by atoms with van der Waals surface area (Å²) in [6.07, 6.45) is 5.94. The van der Waals surface area contributed by atoms with Crippen molar-refractivity contribution in [2.24, 2.45) is 5.41 Å². The lowest BCUT2D eigenvalue weighted by Crippen LogP contribution is -2.31. The second-order valence-electron chi connectivity index (χ2n) is 3.89. The van der Waals surface area contributed by atoms with E-state index in [4.69, 9.17) is 19.8 Å². The summed E-state index contributed by atoms with van der Waals surface area (Å²) in [5, 5.41) is 18.2.